The summed E-state index contributed by atoms with van der Waals surface area (Å²) in [6.45, 7) is 4.26. The highest BCUT2D eigenvalue weighted by Gasteiger charge is 2.44. The Morgan fingerprint density at radius 3 is 2.52 bits per heavy atom. The van der Waals surface area contributed by atoms with Crippen LogP contribution in [0.1, 0.15) is 13.3 Å². The second-order valence-electron chi connectivity index (χ2n) is 5.28. The SMILES string of the molecule is C=C[C@@H](O)[C@H](CO[C@@H]1OC(CO)[C@H](O)C(O)[C@H]1O)NC(=O)CC. The number of aliphatic hydroxyl groups is 5. The van der Waals surface area contributed by atoms with E-state index in [2.05, 4.69) is 11.9 Å². The van der Waals surface area contributed by atoms with Crippen LogP contribution in [0.5, 0.6) is 0 Å². The van der Waals surface area contributed by atoms with Gasteiger partial charge in [0.2, 0.25) is 5.91 Å². The summed E-state index contributed by atoms with van der Waals surface area (Å²) in [5.74, 6) is -0.312. The maximum Gasteiger partial charge on any atom is 0.220 e. The highest BCUT2D eigenvalue weighted by molar-refractivity contribution is 5.75. The fourth-order valence-electron chi connectivity index (χ4n) is 2.10. The van der Waals surface area contributed by atoms with Gasteiger partial charge in [0.1, 0.15) is 24.4 Å². The summed E-state index contributed by atoms with van der Waals surface area (Å²) in [5, 5.41) is 50.6. The van der Waals surface area contributed by atoms with Crippen molar-refractivity contribution in [2.45, 2.75) is 56.2 Å². The summed E-state index contributed by atoms with van der Waals surface area (Å²) in [6.07, 6.45) is -6.66. The lowest BCUT2D eigenvalue weighted by molar-refractivity contribution is -0.302. The van der Waals surface area contributed by atoms with E-state index in [1.54, 1.807) is 6.92 Å². The lowest BCUT2D eigenvalue weighted by atomic mass is 9.99. The van der Waals surface area contributed by atoms with Gasteiger partial charge in [-0.25, -0.2) is 0 Å². The molecule has 0 aromatic heterocycles. The van der Waals surface area contributed by atoms with E-state index >= 15 is 0 Å². The van der Waals surface area contributed by atoms with Gasteiger partial charge in [0, 0.05) is 6.42 Å². The van der Waals surface area contributed by atoms with Crippen LogP contribution >= 0.6 is 0 Å². The Morgan fingerprint density at radius 1 is 1.35 bits per heavy atom. The van der Waals surface area contributed by atoms with Crippen LogP contribution in [0.25, 0.3) is 0 Å². The molecule has 9 heteroatoms. The summed E-state index contributed by atoms with van der Waals surface area (Å²) in [5.41, 5.74) is 0. The molecule has 1 aliphatic heterocycles. The second-order valence-corrected chi connectivity index (χ2v) is 5.28. The number of hydrogen-bond acceptors (Lipinski definition) is 8. The molecule has 1 saturated heterocycles. The first-order chi connectivity index (χ1) is 10.8. The third-order valence-electron chi connectivity index (χ3n) is 3.61. The van der Waals surface area contributed by atoms with Crippen molar-refractivity contribution in [3.63, 3.8) is 0 Å². The molecule has 1 fully saturated rings. The molecule has 9 nitrogen and oxygen atoms in total. The van der Waals surface area contributed by atoms with Gasteiger partial charge in [-0.1, -0.05) is 13.0 Å². The topological polar surface area (TPSA) is 149 Å². The molecule has 0 saturated carbocycles. The average Bonchev–Trinajstić information content (AvgIpc) is 2.56. The third-order valence-corrected chi connectivity index (χ3v) is 3.61. The van der Waals surface area contributed by atoms with Gasteiger partial charge in [0.15, 0.2) is 6.29 Å². The van der Waals surface area contributed by atoms with Crippen molar-refractivity contribution in [1.82, 2.24) is 5.32 Å². The van der Waals surface area contributed by atoms with Gasteiger partial charge in [-0.15, -0.1) is 6.58 Å². The normalized spacial score (nSPS) is 33.7. The molecule has 0 spiro atoms. The lowest BCUT2D eigenvalue weighted by Gasteiger charge is -2.40. The van der Waals surface area contributed by atoms with Crippen molar-refractivity contribution >= 4 is 5.91 Å². The zero-order valence-corrected chi connectivity index (χ0v) is 12.9. The van der Waals surface area contributed by atoms with E-state index in [4.69, 9.17) is 14.6 Å². The Hall–Kier alpha value is -1.07. The summed E-state index contributed by atoms with van der Waals surface area (Å²) in [7, 11) is 0. The number of carbonyl (C=O) groups is 1. The number of nitrogens with one attached hydrogen (secondary N) is 1. The van der Waals surface area contributed by atoms with Crippen molar-refractivity contribution in [3.05, 3.63) is 12.7 Å². The molecule has 6 N–H and O–H groups in total. The number of rotatable bonds is 8. The van der Waals surface area contributed by atoms with Crippen LogP contribution in [0.3, 0.4) is 0 Å². The van der Waals surface area contributed by atoms with E-state index in [1.807, 2.05) is 0 Å². The highest BCUT2D eigenvalue weighted by atomic mass is 16.7. The zero-order chi connectivity index (χ0) is 17.6. The van der Waals surface area contributed by atoms with Crippen LogP contribution in [0, 0.1) is 0 Å². The van der Waals surface area contributed by atoms with Crippen molar-refractivity contribution in [3.8, 4) is 0 Å². The molecule has 0 bridgehead atoms. The molecule has 1 heterocycles. The number of hydrogen-bond donors (Lipinski definition) is 6. The van der Waals surface area contributed by atoms with Crippen LogP contribution in [-0.2, 0) is 14.3 Å². The van der Waals surface area contributed by atoms with E-state index in [-0.39, 0.29) is 18.9 Å². The molecular weight excluding hydrogens is 310 g/mol. The Morgan fingerprint density at radius 2 is 2.00 bits per heavy atom. The molecule has 0 aliphatic carbocycles. The van der Waals surface area contributed by atoms with Gasteiger partial charge in [0.25, 0.3) is 0 Å². The Balaban J connectivity index is 2.67. The average molecular weight is 335 g/mol. The summed E-state index contributed by atoms with van der Waals surface area (Å²) < 4.78 is 10.5. The van der Waals surface area contributed by atoms with E-state index < -0.39 is 49.5 Å². The van der Waals surface area contributed by atoms with Crippen molar-refractivity contribution in [1.29, 1.82) is 0 Å². The minimum atomic E-state index is -1.56. The van der Waals surface area contributed by atoms with Crippen LogP contribution in [0.15, 0.2) is 12.7 Å². The van der Waals surface area contributed by atoms with Gasteiger partial charge >= 0.3 is 0 Å². The highest BCUT2D eigenvalue weighted by Crippen LogP contribution is 2.22. The van der Waals surface area contributed by atoms with Gasteiger partial charge < -0.3 is 40.3 Å². The molecule has 1 amide bonds. The minimum absolute atomic E-state index is 0.209. The largest absolute Gasteiger partial charge is 0.394 e. The molecule has 1 rings (SSSR count). The Bertz CT molecular complexity index is 391. The monoisotopic (exact) mass is 335 g/mol. The first-order valence-corrected chi connectivity index (χ1v) is 7.37. The maximum absolute atomic E-state index is 11.5. The predicted octanol–water partition coefficient (Wildman–Crippen LogP) is -2.76. The van der Waals surface area contributed by atoms with Crippen LogP contribution in [0.4, 0.5) is 0 Å². The van der Waals surface area contributed by atoms with Crippen molar-refractivity contribution in [2.24, 2.45) is 0 Å². The van der Waals surface area contributed by atoms with Crippen LogP contribution in [0.2, 0.25) is 0 Å². The number of carbonyl (C=O) groups excluding carboxylic acids is 1. The molecule has 7 atom stereocenters. The van der Waals surface area contributed by atoms with Gasteiger partial charge in [-0.2, -0.15) is 0 Å². The van der Waals surface area contributed by atoms with E-state index in [0.717, 1.165) is 0 Å². The van der Waals surface area contributed by atoms with Crippen molar-refractivity contribution < 1.29 is 39.8 Å². The molecule has 0 radical (unpaired) electrons. The summed E-state index contributed by atoms with van der Waals surface area (Å²) >= 11 is 0. The fraction of sp³-hybridized carbons (Fsp3) is 0.786. The van der Waals surface area contributed by atoms with E-state index in [1.165, 1.54) is 6.08 Å². The maximum atomic E-state index is 11.5. The first kappa shape index (κ1) is 20.0. The predicted molar refractivity (Wildman–Crippen MR) is 78.1 cm³/mol. The molecule has 0 aromatic carbocycles. The second kappa shape index (κ2) is 9.28. The quantitative estimate of drug-likeness (QED) is 0.261. The lowest BCUT2D eigenvalue weighted by Crippen LogP contribution is -2.60. The number of aliphatic hydroxyl groups excluding tert-OH is 5. The number of ether oxygens (including phenoxy) is 2. The molecule has 1 aliphatic rings. The molecule has 0 aromatic rings. The van der Waals surface area contributed by atoms with E-state index in [0.29, 0.717) is 0 Å². The van der Waals surface area contributed by atoms with Crippen LogP contribution in [-0.4, -0.2) is 87.5 Å². The Kier molecular flexibility index (Phi) is 8.06. The smallest absolute Gasteiger partial charge is 0.220 e. The first-order valence-electron chi connectivity index (χ1n) is 7.37. The summed E-state index contributed by atoms with van der Waals surface area (Å²) in [4.78, 5) is 11.5. The van der Waals surface area contributed by atoms with Gasteiger partial charge in [-0.3, -0.25) is 4.79 Å². The zero-order valence-electron chi connectivity index (χ0n) is 12.9. The third kappa shape index (κ3) is 5.21. The molecule has 23 heavy (non-hydrogen) atoms. The number of amides is 1. The van der Waals surface area contributed by atoms with Crippen molar-refractivity contribution in [2.75, 3.05) is 13.2 Å². The standard InChI is InChI=1S/C14H25NO8/c1-3-8(17)7(15-10(18)4-2)6-22-14-13(21)12(20)11(19)9(5-16)23-14/h3,7-9,11-14,16-17,19-21H,1,4-6H2,2H3,(H,15,18)/t7-,8+,9?,11-,12?,13+,14+/m0/s1. The molecule has 2 unspecified atom stereocenters. The van der Waals surface area contributed by atoms with Gasteiger partial charge in [0.05, 0.1) is 25.4 Å². The summed E-state index contributed by atoms with van der Waals surface area (Å²) in [6, 6.07) is -0.827. The minimum Gasteiger partial charge on any atom is -0.394 e. The van der Waals surface area contributed by atoms with Gasteiger partial charge in [-0.05, 0) is 0 Å². The fourth-order valence-corrected chi connectivity index (χ4v) is 2.10. The Labute approximate surface area is 134 Å². The molecule has 134 valence electrons. The molecular formula is C14H25NO8. The van der Waals surface area contributed by atoms with E-state index in [9.17, 15) is 25.2 Å². The van der Waals surface area contributed by atoms with Crippen LogP contribution < -0.4 is 5.32 Å².